The summed E-state index contributed by atoms with van der Waals surface area (Å²) in [5.41, 5.74) is 1.75. The summed E-state index contributed by atoms with van der Waals surface area (Å²) in [4.78, 5) is 17.0. The monoisotopic (exact) mass is 455 g/mol. The van der Waals surface area contributed by atoms with E-state index in [1.807, 2.05) is 44.2 Å². The number of urea groups is 1. The van der Waals surface area contributed by atoms with Crippen LogP contribution in [0, 0.1) is 11.6 Å². The van der Waals surface area contributed by atoms with Gasteiger partial charge in [-0.3, -0.25) is 0 Å². The van der Waals surface area contributed by atoms with Crippen LogP contribution in [0.3, 0.4) is 0 Å². The van der Waals surface area contributed by atoms with Crippen molar-refractivity contribution < 1.29 is 18.3 Å². The van der Waals surface area contributed by atoms with Crippen molar-refractivity contribution in [2.24, 2.45) is 0 Å². The minimum Gasteiger partial charge on any atom is -0.483 e. The molecule has 2 heterocycles. The maximum atomic E-state index is 14.4. The molecule has 4 rings (SSSR count). The zero-order valence-electron chi connectivity index (χ0n) is 19.4. The standard InChI is InChI=1S/C26H31F2N3O2/c1-26(2)11-8-19-14-18(4-7-24(19)33-26)16-31(17-20-5-6-21(27)15-23(20)28)25(32)29-22-9-12-30(3)13-10-22/h4-8,11,14-15,22H,9-10,12-13,16-17H2,1-3H3,(H,29,32). The fourth-order valence-electron chi connectivity index (χ4n) is 4.22. The SMILES string of the molecule is CN1CCC(NC(=O)N(Cc2ccc3c(c2)C=CC(C)(C)O3)Cc2ccc(F)cc2F)CC1. The zero-order valence-corrected chi connectivity index (χ0v) is 19.4. The fraction of sp³-hybridized carbons (Fsp3) is 0.423. The Kier molecular flexibility index (Phi) is 6.70. The summed E-state index contributed by atoms with van der Waals surface area (Å²) < 4.78 is 33.8. The molecule has 2 aliphatic heterocycles. The van der Waals surface area contributed by atoms with Crippen molar-refractivity contribution in [3.8, 4) is 5.75 Å². The largest absolute Gasteiger partial charge is 0.483 e. The normalized spacial score (nSPS) is 17.8. The van der Waals surface area contributed by atoms with E-state index in [-0.39, 0.29) is 29.8 Å². The smallest absolute Gasteiger partial charge is 0.318 e. The molecule has 2 aromatic carbocycles. The lowest BCUT2D eigenvalue weighted by Crippen LogP contribution is -2.48. The van der Waals surface area contributed by atoms with Crippen LogP contribution in [0.25, 0.3) is 6.08 Å². The minimum atomic E-state index is -0.656. The first kappa shape index (κ1) is 23.2. The second kappa shape index (κ2) is 9.51. The number of likely N-dealkylation sites (tertiary alicyclic amines) is 1. The van der Waals surface area contributed by atoms with Crippen molar-refractivity contribution in [1.29, 1.82) is 0 Å². The highest BCUT2D eigenvalue weighted by atomic mass is 19.1. The Morgan fingerprint density at radius 2 is 1.91 bits per heavy atom. The van der Waals surface area contributed by atoms with Gasteiger partial charge in [-0.25, -0.2) is 13.6 Å². The van der Waals surface area contributed by atoms with Gasteiger partial charge in [-0.15, -0.1) is 0 Å². The van der Waals surface area contributed by atoms with Crippen molar-refractivity contribution in [3.05, 3.63) is 70.8 Å². The molecule has 0 saturated carbocycles. The first-order valence-corrected chi connectivity index (χ1v) is 11.4. The van der Waals surface area contributed by atoms with E-state index in [0.29, 0.717) is 6.54 Å². The first-order chi connectivity index (χ1) is 15.7. The maximum absolute atomic E-state index is 14.4. The third-order valence-corrected chi connectivity index (χ3v) is 6.19. The highest BCUT2D eigenvalue weighted by Crippen LogP contribution is 2.31. The van der Waals surface area contributed by atoms with Gasteiger partial charge in [-0.05, 0) is 76.7 Å². The van der Waals surface area contributed by atoms with E-state index in [4.69, 9.17) is 4.74 Å². The summed E-state index contributed by atoms with van der Waals surface area (Å²) in [6.07, 6.45) is 5.76. The predicted octanol–water partition coefficient (Wildman–Crippen LogP) is 4.96. The third-order valence-electron chi connectivity index (χ3n) is 6.19. The molecule has 1 N–H and O–H groups in total. The van der Waals surface area contributed by atoms with E-state index in [0.717, 1.165) is 48.9 Å². The number of carbonyl (C=O) groups excluding carboxylic acids is 1. The van der Waals surface area contributed by atoms with Crippen molar-refractivity contribution in [2.45, 2.75) is 51.4 Å². The molecule has 176 valence electrons. The molecule has 1 fully saturated rings. The topological polar surface area (TPSA) is 44.8 Å². The highest BCUT2D eigenvalue weighted by molar-refractivity contribution is 5.74. The van der Waals surface area contributed by atoms with Crippen LogP contribution in [0.5, 0.6) is 5.75 Å². The van der Waals surface area contributed by atoms with Gasteiger partial charge in [0.25, 0.3) is 0 Å². The highest BCUT2D eigenvalue weighted by Gasteiger charge is 2.24. The third kappa shape index (κ3) is 5.90. The van der Waals surface area contributed by atoms with Gasteiger partial charge in [0.05, 0.1) is 6.54 Å². The van der Waals surface area contributed by atoms with E-state index >= 15 is 0 Å². The summed E-state index contributed by atoms with van der Waals surface area (Å²) in [7, 11) is 2.07. The maximum Gasteiger partial charge on any atom is 0.318 e. The number of nitrogens with zero attached hydrogens (tertiary/aromatic N) is 2. The van der Waals surface area contributed by atoms with Gasteiger partial charge < -0.3 is 19.9 Å². The molecule has 0 spiro atoms. The molecular formula is C26H31F2N3O2. The van der Waals surface area contributed by atoms with Gasteiger partial charge in [0.1, 0.15) is 23.0 Å². The van der Waals surface area contributed by atoms with E-state index in [9.17, 15) is 13.6 Å². The molecule has 2 amide bonds. The molecule has 5 nitrogen and oxygen atoms in total. The molecule has 2 aliphatic rings. The summed E-state index contributed by atoms with van der Waals surface area (Å²) >= 11 is 0. The van der Waals surface area contributed by atoms with Gasteiger partial charge in [-0.2, -0.15) is 0 Å². The predicted molar refractivity (Wildman–Crippen MR) is 125 cm³/mol. The van der Waals surface area contributed by atoms with Crippen molar-refractivity contribution in [1.82, 2.24) is 15.1 Å². The molecule has 0 aromatic heterocycles. The van der Waals surface area contributed by atoms with Crippen LogP contribution in [-0.2, 0) is 13.1 Å². The fourth-order valence-corrected chi connectivity index (χ4v) is 4.22. The van der Waals surface area contributed by atoms with Gasteiger partial charge in [0.2, 0.25) is 0 Å². The Morgan fingerprint density at radius 3 is 2.64 bits per heavy atom. The van der Waals surface area contributed by atoms with Crippen LogP contribution < -0.4 is 10.1 Å². The van der Waals surface area contributed by atoms with Crippen LogP contribution in [0.4, 0.5) is 13.6 Å². The van der Waals surface area contributed by atoms with E-state index < -0.39 is 11.6 Å². The van der Waals surface area contributed by atoms with E-state index in [1.165, 1.54) is 12.1 Å². The quantitative estimate of drug-likeness (QED) is 0.694. The number of benzene rings is 2. The molecule has 0 bridgehead atoms. The zero-order chi connectivity index (χ0) is 23.6. The van der Waals surface area contributed by atoms with Crippen LogP contribution in [0.2, 0.25) is 0 Å². The Labute approximate surface area is 194 Å². The average Bonchev–Trinajstić information content (AvgIpc) is 2.76. The summed E-state index contributed by atoms with van der Waals surface area (Å²) in [5, 5.41) is 3.11. The minimum absolute atomic E-state index is 0.0427. The molecular weight excluding hydrogens is 424 g/mol. The molecule has 0 aliphatic carbocycles. The Morgan fingerprint density at radius 1 is 1.15 bits per heavy atom. The van der Waals surface area contributed by atoms with Gasteiger partial charge >= 0.3 is 6.03 Å². The number of halogens is 2. The summed E-state index contributed by atoms with van der Waals surface area (Å²) in [6, 6.07) is 9.10. The van der Waals surface area contributed by atoms with Crippen molar-refractivity contribution in [3.63, 3.8) is 0 Å². The molecule has 1 saturated heterocycles. The van der Waals surface area contributed by atoms with Gasteiger partial charge in [0, 0.05) is 29.8 Å². The molecule has 7 heteroatoms. The molecule has 0 unspecified atom stereocenters. The number of rotatable bonds is 5. The summed E-state index contributed by atoms with van der Waals surface area (Å²) in [6.45, 7) is 6.16. The number of piperidine rings is 1. The van der Waals surface area contributed by atoms with Gasteiger partial charge in [0.15, 0.2) is 0 Å². The lowest BCUT2D eigenvalue weighted by Gasteiger charge is -2.32. The Bertz CT molecular complexity index is 1050. The molecule has 0 atom stereocenters. The average molecular weight is 456 g/mol. The van der Waals surface area contributed by atoms with Crippen molar-refractivity contribution in [2.75, 3.05) is 20.1 Å². The second-order valence-electron chi connectivity index (χ2n) is 9.53. The lowest BCUT2D eigenvalue weighted by molar-refractivity contribution is 0.159. The number of amides is 2. The number of hydrogen-bond acceptors (Lipinski definition) is 3. The van der Waals surface area contributed by atoms with Crippen LogP contribution in [-0.4, -0.2) is 47.6 Å². The Balaban J connectivity index is 1.54. The number of nitrogens with one attached hydrogen (secondary N) is 1. The molecule has 0 radical (unpaired) electrons. The van der Waals surface area contributed by atoms with Crippen molar-refractivity contribution >= 4 is 12.1 Å². The summed E-state index contributed by atoms with van der Waals surface area (Å²) in [5.74, 6) is -0.503. The lowest BCUT2D eigenvalue weighted by atomic mass is 10.0. The number of ether oxygens (including phenoxy) is 1. The van der Waals surface area contributed by atoms with Crippen LogP contribution in [0.1, 0.15) is 43.4 Å². The number of carbonyl (C=O) groups is 1. The molecule has 33 heavy (non-hydrogen) atoms. The Hall–Kier alpha value is -2.93. The number of hydrogen-bond donors (Lipinski definition) is 1. The van der Waals surface area contributed by atoms with Crippen LogP contribution in [0.15, 0.2) is 42.5 Å². The number of fused-ring (bicyclic) bond motifs is 1. The van der Waals surface area contributed by atoms with Gasteiger partial charge in [-0.1, -0.05) is 18.2 Å². The first-order valence-electron chi connectivity index (χ1n) is 11.4. The second-order valence-corrected chi connectivity index (χ2v) is 9.53. The van der Waals surface area contributed by atoms with Crippen LogP contribution >= 0.6 is 0 Å². The molecule has 2 aromatic rings. The van der Waals surface area contributed by atoms with E-state index in [1.54, 1.807) is 4.90 Å². The van der Waals surface area contributed by atoms with E-state index in [2.05, 4.69) is 17.3 Å².